The zero-order valence-electron chi connectivity index (χ0n) is 7.43. The first-order valence-electron chi connectivity index (χ1n) is 3.92. The molecule has 0 atom stereocenters. The Hall–Kier alpha value is -1.39. The fourth-order valence-corrected chi connectivity index (χ4v) is 1.16. The lowest BCUT2D eigenvalue weighted by Crippen LogP contribution is -2.11. The monoisotopic (exact) mass is 203 g/mol. The highest BCUT2D eigenvalue weighted by molar-refractivity contribution is 5.46. The van der Waals surface area contributed by atoms with Crippen molar-refractivity contribution in [1.82, 2.24) is 0 Å². The first kappa shape index (κ1) is 10.7. The van der Waals surface area contributed by atoms with Crippen LogP contribution in [0.2, 0.25) is 0 Å². The lowest BCUT2D eigenvalue weighted by Gasteiger charge is -2.07. The standard InChI is InChI=1S/C9H8F3NO/c1-6-4-7(5-9(10,11)12)2-3-8(6)13-14/h2-4H,5H2,1H3. The van der Waals surface area contributed by atoms with Crippen molar-refractivity contribution in [3.05, 3.63) is 34.2 Å². The van der Waals surface area contributed by atoms with Crippen molar-refractivity contribution in [2.24, 2.45) is 5.18 Å². The van der Waals surface area contributed by atoms with Gasteiger partial charge in [0, 0.05) is 0 Å². The van der Waals surface area contributed by atoms with Crippen molar-refractivity contribution < 1.29 is 13.2 Å². The van der Waals surface area contributed by atoms with Gasteiger partial charge in [-0.25, -0.2) is 0 Å². The molecule has 0 unspecified atom stereocenters. The number of aryl methyl sites for hydroxylation is 1. The van der Waals surface area contributed by atoms with E-state index < -0.39 is 12.6 Å². The first-order chi connectivity index (χ1) is 6.42. The van der Waals surface area contributed by atoms with Crippen molar-refractivity contribution in [1.29, 1.82) is 0 Å². The largest absolute Gasteiger partial charge is 0.393 e. The van der Waals surface area contributed by atoms with Crippen LogP contribution in [0.15, 0.2) is 23.4 Å². The number of rotatable bonds is 2. The lowest BCUT2D eigenvalue weighted by atomic mass is 10.1. The Kier molecular flexibility index (Phi) is 2.88. The summed E-state index contributed by atoms with van der Waals surface area (Å²) in [5.74, 6) is 0. The van der Waals surface area contributed by atoms with Gasteiger partial charge in [0.25, 0.3) is 0 Å². The Morgan fingerprint density at radius 1 is 1.36 bits per heavy atom. The summed E-state index contributed by atoms with van der Waals surface area (Å²) in [5, 5.41) is 2.68. The molecule has 1 aromatic carbocycles. The van der Waals surface area contributed by atoms with Crippen LogP contribution < -0.4 is 0 Å². The zero-order chi connectivity index (χ0) is 10.8. The molecule has 1 rings (SSSR count). The highest BCUT2D eigenvalue weighted by atomic mass is 19.4. The molecule has 0 fully saturated rings. The highest BCUT2D eigenvalue weighted by Crippen LogP contribution is 2.25. The number of hydrogen-bond acceptors (Lipinski definition) is 2. The van der Waals surface area contributed by atoms with Gasteiger partial charge in [-0.1, -0.05) is 12.1 Å². The van der Waals surface area contributed by atoms with Gasteiger partial charge in [-0.3, -0.25) is 0 Å². The minimum Gasteiger partial charge on any atom is -0.171 e. The van der Waals surface area contributed by atoms with E-state index in [0.29, 0.717) is 5.56 Å². The smallest absolute Gasteiger partial charge is 0.171 e. The summed E-state index contributed by atoms with van der Waals surface area (Å²) < 4.78 is 35.9. The van der Waals surface area contributed by atoms with Gasteiger partial charge < -0.3 is 0 Å². The quantitative estimate of drug-likeness (QED) is 0.676. The van der Waals surface area contributed by atoms with Gasteiger partial charge >= 0.3 is 6.18 Å². The average molecular weight is 203 g/mol. The van der Waals surface area contributed by atoms with E-state index in [1.165, 1.54) is 18.2 Å². The fraction of sp³-hybridized carbons (Fsp3) is 0.333. The van der Waals surface area contributed by atoms with E-state index in [0.717, 1.165) is 0 Å². The van der Waals surface area contributed by atoms with Crippen LogP contribution in [0.4, 0.5) is 18.9 Å². The molecule has 0 saturated carbocycles. The normalized spacial score (nSPS) is 11.4. The van der Waals surface area contributed by atoms with E-state index in [9.17, 15) is 18.1 Å². The van der Waals surface area contributed by atoms with Crippen molar-refractivity contribution in [2.45, 2.75) is 19.5 Å². The predicted molar refractivity (Wildman–Crippen MR) is 46.4 cm³/mol. The number of hydrogen-bond donors (Lipinski definition) is 0. The molecule has 0 N–H and O–H groups in total. The molecule has 0 heterocycles. The molecular formula is C9H8F3NO. The third kappa shape index (κ3) is 2.83. The van der Waals surface area contributed by atoms with E-state index in [-0.39, 0.29) is 11.3 Å². The number of benzene rings is 1. The molecule has 0 bridgehead atoms. The van der Waals surface area contributed by atoms with Gasteiger partial charge in [0.05, 0.1) is 6.42 Å². The number of nitrogens with zero attached hydrogens (tertiary/aromatic N) is 1. The molecule has 0 aliphatic heterocycles. The second-order valence-corrected chi connectivity index (χ2v) is 3.00. The summed E-state index contributed by atoms with van der Waals surface area (Å²) in [7, 11) is 0. The van der Waals surface area contributed by atoms with Crippen LogP contribution in [0.1, 0.15) is 11.1 Å². The molecule has 0 aliphatic carbocycles. The van der Waals surface area contributed by atoms with Gasteiger partial charge in [0.15, 0.2) is 0 Å². The summed E-state index contributed by atoms with van der Waals surface area (Å²) in [6.45, 7) is 1.55. The van der Waals surface area contributed by atoms with Crippen LogP contribution in [0.3, 0.4) is 0 Å². The van der Waals surface area contributed by atoms with Crippen molar-refractivity contribution in [2.75, 3.05) is 0 Å². The molecule has 2 nitrogen and oxygen atoms in total. The maximum atomic E-state index is 12.0. The van der Waals surface area contributed by atoms with Gasteiger partial charge in [0.2, 0.25) is 0 Å². The van der Waals surface area contributed by atoms with Crippen LogP contribution in [-0.2, 0) is 6.42 Å². The van der Waals surface area contributed by atoms with Crippen molar-refractivity contribution >= 4 is 5.69 Å². The summed E-state index contributed by atoms with van der Waals surface area (Å²) in [4.78, 5) is 10.2. The third-order valence-corrected chi connectivity index (χ3v) is 1.76. The van der Waals surface area contributed by atoms with Gasteiger partial charge in [-0.15, -0.1) is 4.91 Å². The molecule has 5 heteroatoms. The summed E-state index contributed by atoms with van der Waals surface area (Å²) in [5.41, 5.74) is 0.778. The van der Waals surface area contributed by atoms with Crippen LogP contribution >= 0.6 is 0 Å². The topological polar surface area (TPSA) is 29.4 Å². The van der Waals surface area contributed by atoms with Crippen LogP contribution in [0, 0.1) is 11.8 Å². The molecule has 0 aromatic heterocycles. The van der Waals surface area contributed by atoms with Gasteiger partial charge in [-0.2, -0.15) is 13.2 Å². The number of halogens is 3. The number of nitroso groups, excluding NO2 is 1. The van der Waals surface area contributed by atoms with Gasteiger partial charge in [0.1, 0.15) is 5.69 Å². The van der Waals surface area contributed by atoms with E-state index in [1.807, 2.05) is 0 Å². The maximum Gasteiger partial charge on any atom is 0.393 e. The van der Waals surface area contributed by atoms with E-state index in [2.05, 4.69) is 5.18 Å². The predicted octanol–water partition coefficient (Wildman–Crippen LogP) is 3.50. The Morgan fingerprint density at radius 2 is 2.00 bits per heavy atom. The Morgan fingerprint density at radius 3 is 2.43 bits per heavy atom. The molecule has 0 radical (unpaired) electrons. The highest BCUT2D eigenvalue weighted by Gasteiger charge is 2.27. The Labute approximate surface area is 78.7 Å². The zero-order valence-corrected chi connectivity index (χ0v) is 7.43. The van der Waals surface area contributed by atoms with Crippen LogP contribution in [0.5, 0.6) is 0 Å². The van der Waals surface area contributed by atoms with Crippen LogP contribution in [0.25, 0.3) is 0 Å². The van der Waals surface area contributed by atoms with Crippen molar-refractivity contribution in [3.63, 3.8) is 0 Å². The molecule has 0 amide bonds. The average Bonchev–Trinajstić information content (AvgIpc) is 2.01. The fourth-order valence-electron chi connectivity index (χ4n) is 1.16. The lowest BCUT2D eigenvalue weighted by molar-refractivity contribution is -0.127. The molecule has 0 aliphatic rings. The molecule has 0 spiro atoms. The minimum atomic E-state index is -4.22. The summed E-state index contributed by atoms with van der Waals surface area (Å²) in [6, 6.07) is 3.88. The Balaban J connectivity index is 2.92. The number of alkyl halides is 3. The second kappa shape index (κ2) is 3.77. The Bertz CT molecular complexity index is 346. The maximum absolute atomic E-state index is 12.0. The molecule has 76 valence electrons. The third-order valence-electron chi connectivity index (χ3n) is 1.76. The van der Waals surface area contributed by atoms with Crippen LogP contribution in [-0.4, -0.2) is 6.18 Å². The molecular weight excluding hydrogens is 195 g/mol. The first-order valence-corrected chi connectivity index (χ1v) is 3.92. The summed E-state index contributed by atoms with van der Waals surface area (Å²) >= 11 is 0. The second-order valence-electron chi connectivity index (χ2n) is 3.00. The van der Waals surface area contributed by atoms with Crippen molar-refractivity contribution in [3.8, 4) is 0 Å². The molecule has 14 heavy (non-hydrogen) atoms. The summed E-state index contributed by atoms with van der Waals surface area (Å²) in [6.07, 6.45) is -5.20. The molecule has 1 aromatic rings. The van der Waals surface area contributed by atoms with E-state index in [1.54, 1.807) is 6.92 Å². The minimum absolute atomic E-state index is 0.141. The van der Waals surface area contributed by atoms with E-state index >= 15 is 0 Å². The SMILES string of the molecule is Cc1cc(CC(F)(F)F)ccc1N=O. The molecule has 0 saturated heterocycles. The van der Waals surface area contributed by atoms with E-state index in [4.69, 9.17) is 0 Å². The van der Waals surface area contributed by atoms with Gasteiger partial charge in [-0.05, 0) is 29.3 Å².